The number of hydrogen-bond acceptors (Lipinski definition) is 0. The summed E-state index contributed by atoms with van der Waals surface area (Å²) in [6, 6.07) is 4.44. The minimum atomic E-state index is -5.61. The van der Waals surface area contributed by atoms with Crippen LogP contribution in [0.1, 0.15) is 11.1 Å². The van der Waals surface area contributed by atoms with E-state index in [1.165, 1.54) is 19.1 Å². The summed E-state index contributed by atoms with van der Waals surface area (Å²) in [5, 5.41) is -0.400. The van der Waals surface area contributed by atoms with Crippen LogP contribution in [0.2, 0.25) is 0 Å². The van der Waals surface area contributed by atoms with Crippen molar-refractivity contribution in [3.63, 3.8) is 0 Å². The number of halogens is 3. The molecule has 0 unspecified atom stereocenters. The van der Waals surface area contributed by atoms with Crippen molar-refractivity contribution in [2.45, 2.75) is 13.8 Å². The molecular weight excluding hydrogens is 181 g/mol. The van der Waals surface area contributed by atoms with Crippen molar-refractivity contribution in [2.75, 3.05) is 0 Å². The third-order valence-corrected chi connectivity index (χ3v) is 2.85. The SMILES string of the molecule is Cc1ccc(C)c([Si](F)(F)F)c1. The fourth-order valence-corrected chi connectivity index (χ4v) is 1.96. The van der Waals surface area contributed by atoms with E-state index < -0.39 is 14.3 Å². The van der Waals surface area contributed by atoms with Crippen molar-refractivity contribution < 1.29 is 12.3 Å². The lowest BCUT2D eigenvalue weighted by Crippen LogP contribution is -2.36. The van der Waals surface area contributed by atoms with E-state index in [1.54, 1.807) is 13.0 Å². The molecular formula is C8H9F3Si. The minimum Gasteiger partial charge on any atom is -0.234 e. The van der Waals surface area contributed by atoms with Gasteiger partial charge in [0.05, 0.1) is 0 Å². The maximum Gasteiger partial charge on any atom is 0.653 e. The van der Waals surface area contributed by atoms with Gasteiger partial charge in [-0.25, -0.2) is 12.3 Å². The quantitative estimate of drug-likeness (QED) is 0.471. The lowest BCUT2D eigenvalue weighted by molar-refractivity contribution is 0.500. The van der Waals surface area contributed by atoms with Gasteiger partial charge in [-0.1, -0.05) is 23.8 Å². The number of benzene rings is 1. The van der Waals surface area contributed by atoms with Crippen LogP contribution < -0.4 is 5.19 Å². The molecule has 0 heterocycles. The Morgan fingerprint density at radius 2 is 1.67 bits per heavy atom. The third kappa shape index (κ3) is 1.88. The minimum absolute atomic E-state index is 0.333. The molecule has 0 aliphatic carbocycles. The molecule has 0 nitrogen and oxygen atoms in total. The molecule has 0 saturated heterocycles. The van der Waals surface area contributed by atoms with Gasteiger partial charge in [-0.05, 0) is 19.4 Å². The molecule has 1 rings (SSSR count). The maximum absolute atomic E-state index is 12.4. The molecule has 0 spiro atoms. The second-order valence-corrected chi connectivity index (χ2v) is 4.35. The third-order valence-electron chi connectivity index (χ3n) is 1.70. The Hall–Kier alpha value is -0.773. The zero-order valence-corrected chi connectivity index (χ0v) is 7.87. The molecule has 66 valence electrons. The topological polar surface area (TPSA) is 0 Å². The molecule has 0 bridgehead atoms. The molecule has 0 atom stereocenters. The second kappa shape index (κ2) is 2.93. The molecule has 12 heavy (non-hydrogen) atoms. The summed E-state index contributed by atoms with van der Waals surface area (Å²) < 4.78 is 37.1. The highest BCUT2D eigenvalue weighted by molar-refractivity contribution is 6.74. The summed E-state index contributed by atoms with van der Waals surface area (Å²) in [6.45, 7) is 3.17. The van der Waals surface area contributed by atoms with Crippen LogP contribution in [0.25, 0.3) is 0 Å². The Kier molecular flexibility index (Phi) is 2.28. The second-order valence-electron chi connectivity index (χ2n) is 2.82. The van der Waals surface area contributed by atoms with Gasteiger partial charge in [-0.15, -0.1) is 0 Å². The molecule has 0 N–H and O–H groups in total. The van der Waals surface area contributed by atoms with Gasteiger partial charge in [0.15, 0.2) is 0 Å². The van der Waals surface area contributed by atoms with Gasteiger partial charge >= 0.3 is 9.08 Å². The summed E-state index contributed by atoms with van der Waals surface area (Å²) in [5.74, 6) is 0. The number of hydrogen-bond donors (Lipinski definition) is 0. The van der Waals surface area contributed by atoms with E-state index in [4.69, 9.17) is 0 Å². The molecule has 0 aliphatic rings. The molecule has 0 amide bonds. The highest BCUT2D eigenvalue weighted by Crippen LogP contribution is 2.12. The van der Waals surface area contributed by atoms with Crippen molar-refractivity contribution in [3.8, 4) is 0 Å². The van der Waals surface area contributed by atoms with Crippen LogP contribution in [0.4, 0.5) is 12.3 Å². The van der Waals surface area contributed by atoms with Gasteiger partial charge in [0, 0.05) is 5.19 Å². The average Bonchev–Trinajstić information content (AvgIpc) is 1.92. The van der Waals surface area contributed by atoms with Crippen molar-refractivity contribution >= 4 is 14.3 Å². The standard InChI is InChI=1S/C8H9F3Si/c1-6-3-4-7(2)8(5-6)12(9,10)11/h3-5H,1-2H3. The van der Waals surface area contributed by atoms with Crippen molar-refractivity contribution in [1.29, 1.82) is 0 Å². The van der Waals surface area contributed by atoms with Crippen molar-refractivity contribution in [1.82, 2.24) is 0 Å². The smallest absolute Gasteiger partial charge is 0.234 e. The van der Waals surface area contributed by atoms with Crippen LogP contribution >= 0.6 is 0 Å². The van der Waals surface area contributed by atoms with E-state index in [0.717, 1.165) is 0 Å². The van der Waals surface area contributed by atoms with E-state index >= 15 is 0 Å². The van der Waals surface area contributed by atoms with Crippen LogP contribution in [-0.4, -0.2) is 9.08 Å². The first-order chi connectivity index (χ1) is 5.41. The molecule has 0 saturated carbocycles. The van der Waals surface area contributed by atoms with Crippen LogP contribution in [0.3, 0.4) is 0 Å². The Labute approximate surface area is 70.6 Å². The van der Waals surface area contributed by atoms with Gasteiger partial charge < -0.3 is 0 Å². The fourth-order valence-electron chi connectivity index (χ4n) is 1.04. The first-order valence-electron chi connectivity index (χ1n) is 3.55. The van der Waals surface area contributed by atoms with Gasteiger partial charge in [-0.3, -0.25) is 0 Å². The van der Waals surface area contributed by atoms with Crippen LogP contribution in [0.5, 0.6) is 0 Å². The predicted octanol–water partition coefficient (Wildman–Crippen LogP) is 2.36. The highest BCUT2D eigenvalue weighted by atomic mass is 28.5. The number of aryl methyl sites for hydroxylation is 2. The van der Waals surface area contributed by atoms with Crippen LogP contribution in [0.15, 0.2) is 18.2 Å². The van der Waals surface area contributed by atoms with Crippen LogP contribution in [0, 0.1) is 13.8 Å². The molecule has 0 aliphatic heterocycles. The maximum atomic E-state index is 12.4. The van der Waals surface area contributed by atoms with Gasteiger partial charge in [0.1, 0.15) is 0 Å². The van der Waals surface area contributed by atoms with Crippen molar-refractivity contribution in [2.24, 2.45) is 0 Å². The Balaban J connectivity index is 3.23. The highest BCUT2D eigenvalue weighted by Gasteiger charge is 2.41. The summed E-state index contributed by atoms with van der Waals surface area (Å²) in [4.78, 5) is 0. The summed E-state index contributed by atoms with van der Waals surface area (Å²) >= 11 is 0. The lowest BCUT2D eigenvalue weighted by atomic mass is 10.2. The Morgan fingerprint density at radius 1 is 1.08 bits per heavy atom. The van der Waals surface area contributed by atoms with Gasteiger partial charge in [0.25, 0.3) is 0 Å². The van der Waals surface area contributed by atoms with E-state index in [-0.39, 0.29) is 0 Å². The predicted molar refractivity (Wildman–Crippen MR) is 44.6 cm³/mol. The zero-order valence-electron chi connectivity index (χ0n) is 6.87. The molecule has 0 fully saturated rings. The van der Waals surface area contributed by atoms with E-state index in [0.29, 0.717) is 11.1 Å². The molecule has 0 radical (unpaired) electrons. The molecule has 1 aromatic carbocycles. The monoisotopic (exact) mass is 190 g/mol. The summed E-state index contributed by atoms with van der Waals surface area (Å²) in [6.07, 6.45) is 0. The molecule has 1 aromatic rings. The van der Waals surface area contributed by atoms with Gasteiger partial charge in [-0.2, -0.15) is 0 Å². The zero-order chi connectivity index (χ0) is 9.35. The summed E-state index contributed by atoms with van der Waals surface area (Å²) in [7, 11) is -5.61. The number of rotatable bonds is 1. The molecule has 4 heteroatoms. The summed E-state index contributed by atoms with van der Waals surface area (Å²) in [5.41, 5.74) is 1.00. The van der Waals surface area contributed by atoms with E-state index in [2.05, 4.69) is 0 Å². The van der Waals surface area contributed by atoms with E-state index in [1.807, 2.05) is 0 Å². The first kappa shape index (κ1) is 9.32. The van der Waals surface area contributed by atoms with E-state index in [9.17, 15) is 12.3 Å². The normalized spacial score (nSPS) is 11.8. The lowest BCUT2D eigenvalue weighted by Gasteiger charge is -2.07. The first-order valence-corrected chi connectivity index (χ1v) is 5.19. The van der Waals surface area contributed by atoms with Gasteiger partial charge in [0.2, 0.25) is 0 Å². The van der Waals surface area contributed by atoms with Crippen molar-refractivity contribution in [3.05, 3.63) is 29.3 Å². The fraction of sp³-hybridized carbons (Fsp3) is 0.250. The van der Waals surface area contributed by atoms with Crippen LogP contribution in [-0.2, 0) is 0 Å². The average molecular weight is 190 g/mol. The molecule has 0 aromatic heterocycles. The Bertz CT molecular complexity index is 291. The largest absolute Gasteiger partial charge is 0.653 e. The Morgan fingerprint density at radius 3 is 2.08 bits per heavy atom.